The van der Waals surface area contributed by atoms with E-state index >= 15 is 0 Å². The van der Waals surface area contributed by atoms with Gasteiger partial charge in [0.05, 0.1) is 0 Å². The minimum absolute atomic E-state index is 0. The van der Waals surface area contributed by atoms with Gasteiger partial charge in [0, 0.05) is 51.9 Å². The molecule has 1 N–H and O–H groups in total. The Labute approximate surface area is 210 Å². The van der Waals surface area contributed by atoms with Crippen molar-refractivity contribution in [1.29, 1.82) is 0 Å². The molecule has 1 aromatic rings. The van der Waals surface area contributed by atoms with Crippen LogP contribution in [0.1, 0.15) is 31.7 Å². The first-order chi connectivity index (χ1) is 15.2. The lowest BCUT2D eigenvalue weighted by atomic mass is 9.90. The van der Waals surface area contributed by atoms with Gasteiger partial charge >= 0.3 is 0 Å². The molecular weight excluding hydrogens is 513 g/mol. The second-order valence-corrected chi connectivity index (χ2v) is 9.00. The standard InChI is InChI=1S/C25H37N5O.HI/c1-2-26-25(30-17-12-23(20-30)28-13-6-7-14-28)27-19-24(31)29-15-10-22(11-16-29)18-21-8-4-3-5-9-21;/h3-9,22-23H,2,10-20H2,1H3,(H,26,27);1H. The Morgan fingerprint density at radius 1 is 1.03 bits per heavy atom. The average Bonchev–Trinajstić information content (AvgIpc) is 3.50. The third-order valence-corrected chi connectivity index (χ3v) is 6.86. The molecule has 0 saturated carbocycles. The fraction of sp³-hybridized carbons (Fsp3) is 0.600. The first-order valence-corrected chi connectivity index (χ1v) is 12.0. The molecule has 0 spiro atoms. The van der Waals surface area contributed by atoms with Crippen LogP contribution in [0.25, 0.3) is 0 Å². The number of aliphatic imine (C=N–C) groups is 1. The highest BCUT2D eigenvalue weighted by Gasteiger charge is 2.30. The number of benzene rings is 1. The molecule has 0 radical (unpaired) electrons. The van der Waals surface area contributed by atoms with Crippen LogP contribution in [0.4, 0.5) is 0 Å². The molecule has 7 heteroatoms. The normalized spacial score (nSPS) is 22.3. The van der Waals surface area contributed by atoms with Crippen molar-refractivity contribution in [2.45, 2.75) is 38.6 Å². The van der Waals surface area contributed by atoms with Gasteiger partial charge in [0.15, 0.2) is 5.96 Å². The fourth-order valence-electron chi connectivity index (χ4n) is 5.03. The van der Waals surface area contributed by atoms with Gasteiger partial charge < -0.3 is 15.1 Å². The largest absolute Gasteiger partial charge is 0.357 e. The van der Waals surface area contributed by atoms with E-state index in [-0.39, 0.29) is 36.4 Å². The first-order valence-electron chi connectivity index (χ1n) is 12.0. The van der Waals surface area contributed by atoms with E-state index in [1.165, 1.54) is 5.56 Å². The second-order valence-electron chi connectivity index (χ2n) is 9.00. The summed E-state index contributed by atoms with van der Waals surface area (Å²) in [5.41, 5.74) is 1.40. The van der Waals surface area contributed by atoms with Crippen LogP contribution in [0.2, 0.25) is 0 Å². The SMILES string of the molecule is CCNC(=NCC(=O)N1CCC(Cc2ccccc2)CC1)N1CCC(N2CC=CC2)C1.I. The summed E-state index contributed by atoms with van der Waals surface area (Å²) < 4.78 is 0. The van der Waals surface area contributed by atoms with Crippen LogP contribution in [0.5, 0.6) is 0 Å². The van der Waals surface area contributed by atoms with Crippen LogP contribution in [-0.4, -0.2) is 85.0 Å². The van der Waals surface area contributed by atoms with Crippen molar-refractivity contribution in [1.82, 2.24) is 20.0 Å². The molecule has 176 valence electrons. The van der Waals surface area contributed by atoms with Crippen molar-refractivity contribution in [3.8, 4) is 0 Å². The van der Waals surface area contributed by atoms with E-state index in [0.717, 1.165) is 77.5 Å². The summed E-state index contributed by atoms with van der Waals surface area (Å²) in [7, 11) is 0. The van der Waals surface area contributed by atoms with Crippen molar-refractivity contribution in [2.75, 3.05) is 52.4 Å². The maximum absolute atomic E-state index is 12.8. The molecule has 1 atom stereocenters. The van der Waals surface area contributed by atoms with Gasteiger partial charge in [-0.05, 0) is 44.1 Å². The van der Waals surface area contributed by atoms with Crippen molar-refractivity contribution < 1.29 is 4.79 Å². The molecular formula is C25H38IN5O. The van der Waals surface area contributed by atoms with E-state index in [0.29, 0.717) is 12.0 Å². The zero-order chi connectivity index (χ0) is 21.5. The van der Waals surface area contributed by atoms with E-state index in [9.17, 15) is 4.79 Å². The van der Waals surface area contributed by atoms with Gasteiger partial charge in [-0.3, -0.25) is 9.69 Å². The summed E-state index contributed by atoms with van der Waals surface area (Å²) in [6.45, 7) is 9.00. The number of halogens is 1. The molecule has 3 aliphatic heterocycles. The lowest BCUT2D eigenvalue weighted by Crippen LogP contribution is -2.44. The van der Waals surface area contributed by atoms with Gasteiger partial charge in [-0.1, -0.05) is 42.5 Å². The van der Waals surface area contributed by atoms with Crippen molar-refractivity contribution in [3.63, 3.8) is 0 Å². The van der Waals surface area contributed by atoms with Crippen LogP contribution >= 0.6 is 24.0 Å². The molecule has 0 bridgehead atoms. The smallest absolute Gasteiger partial charge is 0.244 e. The summed E-state index contributed by atoms with van der Waals surface area (Å²) >= 11 is 0. The zero-order valence-corrected chi connectivity index (χ0v) is 21.6. The predicted molar refractivity (Wildman–Crippen MR) is 142 cm³/mol. The summed E-state index contributed by atoms with van der Waals surface area (Å²) in [4.78, 5) is 24.4. The summed E-state index contributed by atoms with van der Waals surface area (Å²) in [5, 5.41) is 3.40. The number of hydrogen-bond donors (Lipinski definition) is 1. The van der Waals surface area contributed by atoms with Crippen molar-refractivity contribution in [3.05, 3.63) is 48.0 Å². The number of nitrogens with one attached hydrogen (secondary N) is 1. The summed E-state index contributed by atoms with van der Waals surface area (Å²) in [5.74, 6) is 1.73. The van der Waals surface area contributed by atoms with Crippen LogP contribution in [-0.2, 0) is 11.2 Å². The highest BCUT2D eigenvalue weighted by atomic mass is 127. The van der Waals surface area contributed by atoms with E-state index in [2.05, 4.69) is 64.5 Å². The van der Waals surface area contributed by atoms with Gasteiger partial charge in [-0.2, -0.15) is 0 Å². The number of nitrogens with zero attached hydrogens (tertiary/aromatic N) is 4. The number of guanidine groups is 1. The Morgan fingerprint density at radius 2 is 1.72 bits per heavy atom. The number of carbonyl (C=O) groups is 1. The Balaban J connectivity index is 0.00000289. The van der Waals surface area contributed by atoms with Gasteiger partial charge in [0.1, 0.15) is 6.54 Å². The second kappa shape index (κ2) is 12.6. The lowest BCUT2D eigenvalue weighted by molar-refractivity contribution is -0.131. The van der Waals surface area contributed by atoms with Crippen LogP contribution in [0, 0.1) is 5.92 Å². The van der Waals surface area contributed by atoms with Crippen LogP contribution < -0.4 is 5.32 Å². The lowest BCUT2D eigenvalue weighted by Gasteiger charge is -2.32. The highest BCUT2D eigenvalue weighted by Crippen LogP contribution is 2.22. The molecule has 4 rings (SSSR count). The molecule has 3 heterocycles. The molecule has 1 amide bonds. The van der Waals surface area contributed by atoms with Gasteiger partial charge in [-0.25, -0.2) is 4.99 Å². The quantitative estimate of drug-likeness (QED) is 0.256. The molecule has 32 heavy (non-hydrogen) atoms. The minimum atomic E-state index is 0. The molecule has 1 aromatic carbocycles. The zero-order valence-electron chi connectivity index (χ0n) is 19.3. The maximum atomic E-state index is 12.8. The number of hydrogen-bond acceptors (Lipinski definition) is 3. The van der Waals surface area contributed by atoms with E-state index in [4.69, 9.17) is 4.99 Å². The Kier molecular flexibility index (Phi) is 9.84. The predicted octanol–water partition coefficient (Wildman–Crippen LogP) is 3.00. The third kappa shape index (κ3) is 6.70. The maximum Gasteiger partial charge on any atom is 0.244 e. The minimum Gasteiger partial charge on any atom is -0.357 e. The summed E-state index contributed by atoms with van der Waals surface area (Å²) in [6, 6.07) is 11.3. The van der Waals surface area contributed by atoms with Gasteiger partial charge in [0.25, 0.3) is 0 Å². The monoisotopic (exact) mass is 551 g/mol. The molecule has 0 aromatic heterocycles. The molecule has 3 aliphatic rings. The molecule has 6 nitrogen and oxygen atoms in total. The molecule has 0 aliphatic carbocycles. The molecule has 2 saturated heterocycles. The van der Waals surface area contributed by atoms with E-state index < -0.39 is 0 Å². The molecule has 1 unspecified atom stereocenters. The van der Waals surface area contributed by atoms with Crippen molar-refractivity contribution >= 4 is 35.8 Å². The van der Waals surface area contributed by atoms with Gasteiger partial charge in [0.2, 0.25) is 5.91 Å². The fourth-order valence-corrected chi connectivity index (χ4v) is 5.03. The van der Waals surface area contributed by atoms with Crippen LogP contribution in [0.3, 0.4) is 0 Å². The third-order valence-electron chi connectivity index (χ3n) is 6.86. The van der Waals surface area contributed by atoms with Crippen molar-refractivity contribution in [2.24, 2.45) is 10.9 Å². The Hall–Kier alpha value is -1.61. The molecule has 2 fully saturated rings. The number of amides is 1. The van der Waals surface area contributed by atoms with Gasteiger partial charge in [-0.15, -0.1) is 24.0 Å². The van der Waals surface area contributed by atoms with E-state index in [1.54, 1.807) is 0 Å². The number of rotatable bonds is 6. The number of piperidine rings is 1. The average molecular weight is 552 g/mol. The number of carbonyl (C=O) groups excluding carboxylic acids is 1. The topological polar surface area (TPSA) is 51.2 Å². The Bertz CT molecular complexity index is 768. The number of likely N-dealkylation sites (tertiary alicyclic amines) is 2. The summed E-state index contributed by atoms with van der Waals surface area (Å²) in [6.07, 6.45) is 8.96. The first kappa shape index (κ1) is 25.0. The Morgan fingerprint density at radius 3 is 2.41 bits per heavy atom. The van der Waals surface area contributed by atoms with Crippen LogP contribution in [0.15, 0.2) is 47.5 Å². The highest BCUT2D eigenvalue weighted by molar-refractivity contribution is 14.0. The van der Waals surface area contributed by atoms with E-state index in [1.807, 2.05) is 4.90 Å².